The maximum atomic E-state index is 12.4. The number of benzene rings is 1. The van der Waals surface area contributed by atoms with Gasteiger partial charge in [0.2, 0.25) is 5.95 Å². The Bertz CT molecular complexity index is 1070. The van der Waals surface area contributed by atoms with Gasteiger partial charge in [0.15, 0.2) is 11.2 Å². The predicted octanol–water partition coefficient (Wildman–Crippen LogP) is 1.24. The van der Waals surface area contributed by atoms with Gasteiger partial charge in [-0.05, 0) is 37.0 Å². The van der Waals surface area contributed by atoms with Gasteiger partial charge >= 0.3 is 5.69 Å². The fraction of sp³-hybridized carbons (Fsp3) is 0.389. The Labute approximate surface area is 145 Å². The number of nitrogens with one attached hydrogen (secondary N) is 1. The number of anilines is 1. The highest BCUT2D eigenvalue weighted by Crippen LogP contribution is 2.14. The van der Waals surface area contributed by atoms with E-state index in [-0.39, 0.29) is 11.2 Å². The lowest BCUT2D eigenvalue weighted by atomic mass is 10.0. The molecule has 2 heterocycles. The van der Waals surface area contributed by atoms with Crippen molar-refractivity contribution in [1.82, 2.24) is 18.7 Å². The molecule has 2 aromatic heterocycles. The van der Waals surface area contributed by atoms with Crippen LogP contribution in [0.3, 0.4) is 0 Å². The van der Waals surface area contributed by atoms with Gasteiger partial charge in [0, 0.05) is 27.7 Å². The summed E-state index contributed by atoms with van der Waals surface area (Å²) < 4.78 is 4.20. The number of aromatic nitrogens is 4. The smallest absolute Gasteiger partial charge is 0.332 e. The minimum absolute atomic E-state index is 0.338. The molecular weight excluding hydrogens is 318 g/mol. The summed E-state index contributed by atoms with van der Waals surface area (Å²) >= 11 is 0. The minimum atomic E-state index is -0.378. The Morgan fingerprint density at radius 3 is 2.40 bits per heavy atom. The predicted molar refractivity (Wildman–Crippen MR) is 99.3 cm³/mol. The number of nitrogens with zero attached hydrogens (tertiary/aromatic N) is 4. The van der Waals surface area contributed by atoms with E-state index in [0.717, 1.165) is 11.0 Å². The number of hydrogen-bond donors (Lipinski definition) is 1. The van der Waals surface area contributed by atoms with Crippen LogP contribution >= 0.6 is 0 Å². The van der Waals surface area contributed by atoms with Gasteiger partial charge in [0.05, 0.1) is 0 Å². The van der Waals surface area contributed by atoms with Crippen molar-refractivity contribution in [2.45, 2.75) is 20.3 Å². The molecule has 0 unspecified atom stereocenters. The minimum Gasteiger partial charge on any atom is -0.355 e. The molecule has 0 spiro atoms. The lowest BCUT2D eigenvalue weighted by Gasteiger charge is -2.08. The standard InChI is InChI=1S/C18H23N5O2/c1-11-6-7-13(10-12(11)2)8-9-19-17-20-15-14(21(17)3)16(24)23(5)18(25)22(15)4/h6-7,10H,8-9H2,1-5H3,(H,19,20). The van der Waals surface area contributed by atoms with Crippen molar-refractivity contribution in [1.29, 1.82) is 0 Å². The molecular formula is C18H23N5O2. The topological polar surface area (TPSA) is 73.8 Å². The summed E-state index contributed by atoms with van der Waals surface area (Å²) in [7, 11) is 4.87. The lowest BCUT2D eigenvalue weighted by molar-refractivity contribution is 0.705. The molecule has 0 aliphatic rings. The summed E-state index contributed by atoms with van der Waals surface area (Å²) in [6.07, 6.45) is 0.848. The Balaban J connectivity index is 1.87. The second-order valence-electron chi connectivity index (χ2n) is 6.47. The summed E-state index contributed by atoms with van der Waals surface area (Å²) in [5, 5.41) is 3.27. The maximum Gasteiger partial charge on any atom is 0.332 e. The second kappa shape index (κ2) is 6.23. The normalized spacial score (nSPS) is 11.2. The van der Waals surface area contributed by atoms with Crippen molar-refractivity contribution in [2.24, 2.45) is 21.1 Å². The molecule has 3 aromatic rings. The average molecular weight is 341 g/mol. The quantitative estimate of drug-likeness (QED) is 0.775. The number of fused-ring (bicyclic) bond motifs is 1. The fourth-order valence-electron chi connectivity index (χ4n) is 2.95. The van der Waals surface area contributed by atoms with E-state index in [1.165, 1.54) is 28.3 Å². The highest BCUT2D eigenvalue weighted by Gasteiger charge is 2.16. The zero-order valence-corrected chi connectivity index (χ0v) is 15.3. The first-order valence-corrected chi connectivity index (χ1v) is 8.23. The molecule has 0 bridgehead atoms. The van der Waals surface area contributed by atoms with E-state index in [4.69, 9.17) is 0 Å². The van der Waals surface area contributed by atoms with Gasteiger partial charge in [0.25, 0.3) is 5.56 Å². The molecule has 1 N–H and O–H groups in total. The maximum absolute atomic E-state index is 12.4. The third-order valence-corrected chi connectivity index (χ3v) is 4.74. The SMILES string of the molecule is Cc1ccc(CCNc2nc3c(c(=O)n(C)c(=O)n3C)n2C)cc1C. The van der Waals surface area contributed by atoms with Crippen LogP contribution in [0.2, 0.25) is 0 Å². The van der Waals surface area contributed by atoms with Gasteiger partial charge in [-0.1, -0.05) is 18.2 Å². The lowest BCUT2D eigenvalue weighted by Crippen LogP contribution is -2.37. The van der Waals surface area contributed by atoms with Gasteiger partial charge in [0.1, 0.15) is 0 Å². The largest absolute Gasteiger partial charge is 0.355 e. The summed E-state index contributed by atoms with van der Waals surface area (Å²) in [4.78, 5) is 28.8. The van der Waals surface area contributed by atoms with Crippen molar-refractivity contribution >= 4 is 17.1 Å². The van der Waals surface area contributed by atoms with Gasteiger partial charge in [-0.15, -0.1) is 0 Å². The molecule has 132 valence electrons. The number of aryl methyl sites for hydroxylation is 4. The van der Waals surface area contributed by atoms with E-state index in [9.17, 15) is 9.59 Å². The van der Waals surface area contributed by atoms with Crippen LogP contribution in [0.1, 0.15) is 16.7 Å². The summed E-state index contributed by atoms with van der Waals surface area (Å²) in [5.41, 5.74) is 3.90. The first-order chi connectivity index (χ1) is 11.8. The Morgan fingerprint density at radius 2 is 1.72 bits per heavy atom. The van der Waals surface area contributed by atoms with Crippen LogP contribution in [0.25, 0.3) is 11.2 Å². The van der Waals surface area contributed by atoms with Crippen LogP contribution in [-0.4, -0.2) is 25.2 Å². The van der Waals surface area contributed by atoms with E-state index in [0.29, 0.717) is 23.7 Å². The molecule has 7 heteroatoms. The number of hydrogen-bond acceptors (Lipinski definition) is 4. The summed E-state index contributed by atoms with van der Waals surface area (Å²) in [6.45, 7) is 4.89. The molecule has 0 radical (unpaired) electrons. The zero-order chi connectivity index (χ0) is 18.3. The third-order valence-electron chi connectivity index (χ3n) is 4.74. The van der Waals surface area contributed by atoms with E-state index < -0.39 is 0 Å². The molecule has 0 fully saturated rings. The average Bonchev–Trinajstić information content (AvgIpc) is 2.91. The summed E-state index contributed by atoms with van der Waals surface area (Å²) in [6, 6.07) is 6.43. The van der Waals surface area contributed by atoms with Gasteiger partial charge in [-0.2, -0.15) is 4.98 Å². The second-order valence-corrected chi connectivity index (χ2v) is 6.47. The van der Waals surface area contributed by atoms with Crippen LogP contribution in [0, 0.1) is 13.8 Å². The Kier molecular flexibility index (Phi) is 4.24. The highest BCUT2D eigenvalue weighted by atomic mass is 16.2. The molecule has 0 atom stereocenters. The summed E-state index contributed by atoms with van der Waals surface area (Å²) in [5.74, 6) is 0.581. The van der Waals surface area contributed by atoms with E-state index in [1.807, 2.05) is 0 Å². The van der Waals surface area contributed by atoms with Crippen LogP contribution in [-0.2, 0) is 27.6 Å². The van der Waals surface area contributed by atoms with Gasteiger partial charge in [-0.3, -0.25) is 13.9 Å². The molecule has 25 heavy (non-hydrogen) atoms. The molecule has 1 aromatic carbocycles. The number of imidazole rings is 1. The van der Waals surface area contributed by atoms with Crippen molar-refractivity contribution in [3.8, 4) is 0 Å². The molecule has 0 aliphatic heterocycles. The monoisotopic (exact) mass is 341 g/mol. The molecule has 0 saturated heterocycles. The van der Waals surface area contributed by atoms with E-state index in [1.54, 1.807) is 18.7 Å². The third kappa shape index (κ3) is 2.86. The first-order valence-electron chi connectivity index (χ1n) is 8.23. The van der Waals surface area contributed by atoms with Crippen LogP contribution in [0.5, 0.6) is 0 Å². The number of rotatable bonds is 4. The van der Waals surface area contributed by atoms with Crippen molar-refractivity contribution in [3.63, 3.8) is 0 Å². The highest BCUT2D eigenvalue weighted by molar-refractivity contribution is 5.74. The van der Waals surface area contributed by atoms with Crippen molar-refractivity contribution in [2.75, 3.05) is 11.9 Å². The van der Waals surface area contributed by atoms with E-state index >= 15 is 0 Å². The van der Waals surface area contributed by atoms with Crippen LogP contribution in [0.15, 0.2) is 27.8 Å². The van der Waals surface area contributed by atoms with Crippen molar-refractivity contribution in [3.05, 3.63) is 55.7 Å². The van der Waals surface area contributed by atoms with Gasteiger partial charge < -0.3 is 9.88 Å². The Morgan fingerprint density at radius 1 is 1.00 bits per heavy atom. The molecule has 3 rings (SSSR count). The Hall–Kier alpha value is -2.83. The van der Waals surface area contributed by atoms with Crippen molar-refractivity contribution < 1.29 is 0 Å². The van der Waals surface area contributed by atoms with Crippen LogP contribution in [0.4, 0.5) is 5.95 Å². The molecule has 0 saturated carbocycles. The fourth-order valence-corrected chi connectivity index (χ4v) is 2.95. The first kappa shape index (κ1) is 17.0. The van der Waals surface area contributed by atoms with E-state index in [2.05, 4.69) is 42.3 Å². The van der Waals surface area contributed by atoms with Crippen LogP contribution < -0.4 is 16.6 Å². The molecule has 0 aliphatic carbocycles. The van der Waals surface area contributed by atoms with Gasteiger partial charge in [-0.25, -0.2) is 4.79 Å². The molecule has 0 amide bonds. The molecule has 7 nitrogen and oxygen atoms in total. The zero-order valence-electron chi connectivity index (χ0n) is 15.3.